The SMILES string of the molecule is NC(CCc1cccnc1)c1ccc(Cl)cc1F. The number of hydrogen-bond acceptors (Lipinski definition) is 2. The average Bonchev–Trinajstić information content (AvgIpc) is 2.37. The molecule has 0 saturated heterocycles. The van der Waals surface area contributed by atoms with E-state index in [1.54, 1.807) is 24.5 Å². The summed E-state index contributed by atoms with van der Waals surface area (Å²) in [5.74, 6) is -0.346. The Morgan fingerprint density at radius 3 is 2.83 bits per heavy atom. The molecule has 0 spiro atoms. The lowest BCUT2D eigenvalue weighted by Crippen LogP contribution is -2.13. The topological polar surface area (TPSA) is 38.9 Å². The van der Waals surface area contributed by atoms with Crippen molar-refractivity contribution < 1.29 is 4.39 Å². The van der Waals surface area contributed by atoms with Gasteiger partial charge in [-0.05, 0) is 36.6 Å². The summed E-state index contributed by atoms with van der Waals surface area (Å²) >= 11 is 5.71. The largest absolute Gasteiger partial charge is 0.324 e. The molecule has 0 saturated carbocycles. The molecule has 2 rings (SSSR count). The van der Waals surface area contributed by atoms with Crippen LogP contribution in [0.15, 0.2) is 42.7 Å². The Morgan fingerprint density at radius 2 is 2.17 bits per heavy atom. The van der Waals surface area contributed by atoms with E-state index in [4.69, 9.17) is 17.3 Å². The molecule has 1 aromatic heterocycles. The van der Waals surface area contributed by atoms with Gasteiger partial charge in [0, 0.05) is 29.0 Å². The summed E-state index contributed by atoms with van der Waals surface area (Å²) in [6.45, 7) is 0. The molecule has 0 radical (unpaired) electrons. The van der Waals surface area contributed by atoms with E-state index < -0.39 is 0 Å². The van der Waals surface area contributed by atoms with Crippen molar-refractivity contribution in [3.63, 3.8) is 0 Å². The van der Waals surface area contributed by atoms with Crippen LogP contribution >= 0.6 is 11.6 Å². The van der Waals surface area contributed by atoms with Crippen LogP contribution in [0.2, 0.25) is 5.02 Å². The quantitative estimate of drug-likeness (QED) is 0.918. The van der Waals surface area contributed by atoms with Gasteiger partial charge in [0.1, 0.15) is 5.82 Å². The lowest BCUT2D eigenvalue weighted by atomic mass is 10.00. The van der Waals surface area contributed by atoms with Gasteiger partial charge in [-0.2, -0.15) is 0 Å². The Labute approximate surface area is 111 Å². The van der Waals surface area contributed by atoms with E-state index in [2.05, 4.69) is 4.98 Å². The fourth-order valence-electron chi connectivity index (χ4n) is 1.83. The number of rotatable bonds is 4. The summed E-state index contributed by atoms with van der Waals surface area (Å²) in [5, 5.41) is 0.385. The highest BCUT2D eigenvalue weighted by atomic mass is 35.5. The van der Waals surface area contributed by atoms with E-state index in [1.165, 1.54) is 6.07 Å². The third-order valence-electron chi connectivity index (χ3n) is 2.83. The van der Waals surface area contributed by atoms with Crippen molar-refractivity contribution in [1.29, 1.82) is 0 Å². The van der Waals surface area contributed by atoms with Crippen LogP contribution in [-0.2, 0) is 6.42 Å². The zero-order chi connectivity index (χ0) is 13.0. The van der Waals surface area contributed by atoms with Crippen LogP contribution in [0.3, 0.4) is 0 Å². The van der Waals surface area contributed by atoms with E-state index in [0.717, 1.165) is 12.0 Å². The first-order chi connectivity index (χ1) is 8.66. The standard InChI is InChI=1S/C14H14ClFN2/c15-11-4-5-12(13(16)8-11)14(17)6-3-10-2-1-7-18-9-10/h1-2,4-5,7-9,14H,3,6,17H2. The number of pyridine rings is 1. The highest BCUT2D eigenvalue weighted by Crippen LogP contribution is 2.22. The summed E-state index contributed by atoms with van der Waals surface area (Å²) in [7, 11) is 0. The average molecular weight is 265 g/mol. The molecule has 0 fully saturated rings. The predicted octanol–water partition coefficient (Wildman–Crippen LogP) is 3.51. The fourth-order valence-corrected chi connectivity index (χ4v) is 1.98. The molecule has 1 unspecified atom stereocenters. The molecule has 0 bridgehead atoms. The van der Waals surface area contributed by atoms with Gasteiger partial charge in [-0.1, -0.05) is 23.7 Å². The molecule has 2 N–H and O–H groups in total. The van der Waals surface area contributed by atoms with E-state index in [1.807, 2.05) is 12.1 Å². The van der Waals surface area contributed by atoms with Gasteiger partial charge in [-0.15, -0.1) is 0 Å². The first-order valence-electron chi connectivity index (χ1n) is 5.76. The molecule has 2 nitrogen and oxygen atoms in total. The summed E-state index contributed by atoms with van der Waals surface area (Å²) in [5.41, 5.74) is 7.59. The minimum absolute atomic E-state index is 0.331. The van der Waals surface area contributed by atoms with Crippen molar-refractivity contribution in [2.75, 3.05) is 0 Å². The van der Waals surface area contributed by atoms with Gasteiger partial charge in [0.05, 0.1) is 0 Å². The van der Waals surface area contributed by atoms with Gasteiger partial charge in [0.15, 0.2) is 0 Å². The lowest BCUT2D eigenvalue weighted by Gasteiger charge is -2.13. The van der Waals surface area contributed by atoms with E-state index in [0.29, 0.717) is 17.0 Å². The maximum Gasteiger partial charge on any atom is 0.129 e. The Kier molecular flexibility index (Phi) is 4.28. The van der Waals surface area contributed by atoms with Gasteiger partial charge in [0.2, 0.25) is 0 Å². The zero-order valence-corrected chi connectivity index (χ0v) is 10.6. The minimum Gasteiger partial charge on any atom is -0.324 e. The number of nitrogens with zero attached hydrogens (tertiary/aromatic N) is 1. The molecule has 18 heavy (non-hydrogen) atoms. The second-order valence-electron chi connectivity index (χ2n) is 4.17. The van der Waals surface area contributed by atoms with Crippen molar-refractivity contribution in [3.8, 4) is 0 Å². The third-order valence-corrected chi connectivity index (χ3v) is 3.06. The molecular formula is C14H14ClFN2. The van der Waals surface area contributed by atoms with Crippen LogP contribution < -0.4 is 5.73 Å². The van der Waals surface area contributed by atoms with Crippen LogP contribution in [0.5, 0.6) is 0 Å². The van der Waals surface area contributed by atoms with Crippen molar-refractivity contribution in [3.05, 3.63) is 64.7 Å². The summed E-state index contributed by atoms with van der Waals surface area (Å²) in [4.78, 5) is 4.03. The number of nitrogens with two attached hydrogens (primary N) is 1. The van der Waals surface area contributed by atoms with Crippen LogP contribution in [0.4, 0.5) is 4.39 Å². The number of aryl methyl sites for hydroxylation is 1. The van der Waals surface area contributed by atoms with E-state index in [9.17, 15) is 4.39 Å². The van der Waals surface area contributed by atoms with Gasteiger partial charge in [0.25, 0.3) is 0 Å². The second-order valence-corrected chi connectivity index (χ2v) is 4.61. The molecule has 1 heterocycles. The minimum atomic E-state index is -0.346. The number of aromatic nitrogens is 1. The molecule has 0 aliphatic rings. The van der Waals surface area contributed by atoms with Crippen molar-refractivity contribution in [2.45, 2.75) is 18.9 Å². The van der Waals surface area contributed by atoms with Gasteiger partial charge in [-0.25, -0.2) is 4.39 Å². The molecule has 0 aliphatic carbocycles. The van der Waals surface area contributed by atoms with Crippen LogP contribution in [0.1, 0.15) is 23.6 Å². The smallest absolute Gasteiger partial charge is 0.129 e. The van der Waals surface area contributed by atoms with Crippen LogP contribution in [0.25, 0.3) is 0 Å². The summed E-state index contributed by atoms with van der Waals surface area (Å²) in [6, 6.07) is 8.13. The molecule has 4 heteroatoms. The van der Waals surface area contributed by atoms with Crippen molar-refractivity contribution in [2.24, 2.45) is 5.73 Å². The van der Waals surface area contributed by atoms with Crippen LogP contribution in [0, 0.1) is 5.82 Å². The van der Waals surface area contributed by atoms with E-state index >= 15 is 0 Å². The maximum atomic E-state index is 13.6. The second kappa shape index (κ2) is 5.94. The Hall–Kier alpha value is -1.45. The zero-order valence-electron chi connectivity index (χ0n) is 9.81. The molecule has 1 aromatic carbocycles. The first-order valence-corrected chi connectivity index (χ1v) is 6.14. The number of halogens is 2. The molecule has 2 aromatic rings. The molecule has 0 amide bonds. The molecule has 94 valence electrons. The van der Waals surface area contributed by atoms with Gasteiger partial charge >= 0.3 is 0 Å². The number of hydrogen-bond donors (Lipinski definition) is 1. The summed E-state index contributed by atoms with van der Waals surface area (Å²) in [6.07, 6.45) is 4.97. The molecule has 1 atom stereocenters. The molecule has 0 aliphatic heterocycles. The Morgan fingerprint density at radius 1 is 1.33 bits per heavy atom. The predicted molar refractivity (Wildman–Crippen MR) is 70.9 cm³/mol. The number of benzene rings is 1. The van der Waals surface area contributed by atoms with Crippen molar-refractivity contribution in [1.82, 2.24) is 4.98 Å². The van der Waals surface area contributed by atoms with E-state index in [-0.39, 0.29) is 11.9 Å². The first kappa shape index (κ1) is 13.0. The Bertz CT molecular complexity index is 516. The highest BCUT2D eigenvalue weighted by molar-refractivity contribution is 6.30. The third kappa shape index (κ3) is 3.28. The van der Waals surface area contributed by atoms with Crippen LogP contribution in [-0.4, -0.2) is 4.98 Å². The highest BCUT2D eigenvalue weighted by Gasteiger charge is 2.11. The Balaban J connectivity index is 2.01. The lowest BCUT2D eigenvalue weighted by molar-refractivity contribution is 0.563. The maximum absolute atomic E-state index is 13.6. The summed E-state index contributed by atoms with van der Waals surface area (Å²) < 4.78 is 13.6. The van der Waals surface area contributed by atoms with Gasteiger partial charge in [-0.3, -0.25) is 4.98 Å². The monoisotopic (exact) mass is 264 g/mol. The molecular weight excluding hydrogens is 251 g/mol. The normalized spacial score (nSPS) is 12.4. The van der Waals surface area contributed by atoms with Crippen molar-refractivity contribution >= 4 is 11.6 Å². The van der Waals surface area contributed by atoms with Gasteiger partial charge < -0.3 is 5.73 Å². The fraction of sp³-hybridized carbons (Fsp3) is 0.214.